The van der Waals surface area contributed by atoms with E-state index in [0.29, 0.717) is 22.9 Å². The van der Waals surface area contributed by atoms with E-state index < -0.39 is 0 Å². The molecule has 1 fully saturated rings. The number of hydrogen-bond acceptors (Lipinski definition) is 3. The summed E-state index contributed by atoms with van der Waals surface area (Å²) in [5, 5.41) is 9.96. The first-order valence-corrected chi connectivity index (χ1v) is 5.42. The van der Waals surface area contributed by atoms with Crippen LogP contribution in [0.2, 0.25) is 5.02 Å². The summed E-state index contributed by atoms with van der Waals surface area (Å²) in [6, 6.07) is 5.18. The van der Waals surface area contributed by atoms with Gasteiger partial charge in [0.2, 0.25) is 0 Å². The molecule has 0 radical (unpaired) electrons. The Balaban J connectivity index is 2.04. The lowest BCUT2D eigenvalue weighted by atomic mass is 10.2. The minimum Gasteiger partial charge on any atom is -0.488 e. The average Bonchev–Trinajstić information content (AvgIpc) is 2.56. The summed E-state index contributed by atoms with van der Waals surface area (Å²) in [6.07, 6.45) is 2.20. The first-order valence-electron chi connectivity index (χ1n) is 5.05. The molecule has 1 aromatic carbocycles. The maximum absolute atomic E-state index is 9.36. The molecule has 15 heavy (non-hydrogen) atoms. The SMILES string of the molecule is Nc1cc(Cl)ccc1O[C@@H]1CC[C@H](O)C1. The molecule has 3 nitrogen and oxygen atoms in total. The predicted molar refractivity (Wildman–Crippen MR) is 60.1 cm³/mol. The van der Waals surface area contributed by atoms with E-state index in [2.05, 4.69) is 0 Å². The summed E-state index contributed by atoms with van der Waals surface area (Å²) in [6.45, 7) is 0. The van der Waals surface area contributed by atoms with Crippen LogP contribution in [0, 0.1) is 0 Å². The fourth-order valence-electron chi connectivity index (χ4n) is 1.83. The van der Waals surface area contributed by atoms with Crippen molar-refractivity contribution in [1.29, 1.82) is 0 Å². The maximum atomic E-state index is 9.36. The Morgan fingerprint density at radius 2 is 2.20 bits per heavy atom. The first-order chi connectivity index (χ1) is 7.15. The number of aliphatic hydroxyl groups excluding tert-OH is 1. The van der Waals surface area contributed by atoms with E-state index in [1.54, 1.807) is 18.2 Å². The second-order valence-corrected chi connectivity index (χ2v) is 4.33. The van der Waals surface area contributed by atoms with Crippen molar-refractivity contribution in [3.63, 3.8) is 0 Å². The van der Waals surface area contributed by atoms with E-state index in [1.165, 1.54) is 0 Å². The molecule has 0 unspecified atom stereocenters. The molecule has 82 valence electrons. The zero-order chi connectivity index (χ0) is 10.8. The van der Waals surface area contributed by atoms with Crippen LogP contribution in [0.5, 0.6) is 5.75 Å². The monoisotopic (exact) mass is 227 g/mol. The molecule has 0 aromatic heterocycles. The zero-order valence-electron chi connectivity index (χ0n) is 8.32. The van der Waals surface area contributed by atoms with Gasteiger partial charge in [-0.2, -0.15) is 0 Å². The van der Waals surface area contributed by atoms with Crippen molar-refractivity contribution < 1.29 is 9.84 Å². The van der Waals surface area contributed by atoms with Gasteiger partial charge in [-0.3, -0.25) is 0 Å². The zero-order valence-corrected chi connectivity index (χ0v) is 9.07. The maximum Gasteiger partial charge on any atom is 0.142 e. The van der Waals surface area contributed by atoms with Crippen molar-refractivity contribution in [3.8, 4) is 5.75 Å². The Kier molecular flexibility index (Phi) is 3.03. The van der Waals surface area contributed by atoms with E-state index in [-0.39, 0.29) is 12.2 Å². The van der Waals surface area contributed by atoms with Crippen LogP contribution < -0.4 is 10.5 Å². The van der Waals surface area contributed by atoms with Gasteiger partial charge >= 0.3 is 0 Å². The summed E-state index contributed by atoms with van der Waals surface area (Å²) < 4.78 is 5.69. The van der Waals surface area contributed by atoms with Gasteiger partial charge < -0.3 is 15.6 Å². The molecule has 1 aliphatic carbocycles. The van der Waals surface area contributed by atoms with Gasteiger partial charge in [-0.05, 0) is 31.0 Å². The van der Waals surface area contributed by atoms with Crippen LogP contribution in [0.4, 0.5) is 5.69 Å². The van der Waals surface area contributed by atoms with Gasteiger partial charge in [0, 0.05) is 11.4 Å². The van der Waals surface area contributed by atoms with Crippen LogP contribution in [-0.4, -0.2) is 17.3 Å². The minimum atomic E-state index is -0.233. The molecule has 2 atom stereocenters. The van der Waals surface area contributed by atoms with E-state index >= 15 is 0 Å². The number of halogens is 1. The Hall–Kier alpha value is -0.930. The molecule has 2 rings (SSSR count). The lowest BCUT2D eigenvalue weighted by molar-refractivity contribution is 0.150. The third kappa shape index (κ3) is 2.55. The second-order valence-electron chi connectivity index (χ2n) is 3.89. The van der Waals surface area contributed by atoms with Crippen LogP contribution >= 0.6 is 11.6 Å². The molecular formula is C11H14ClNO2. The van der Waals surface area contributed by atoms with Crippen molar-refractivity contribution in [1.82, 2.24) is 0 Å². The molecule has 1 aliphatic rings. The quantitative estimate of drug-likeness (QED) is 0.762. The van der Waals surface area contributed by atoms with Gasteiger partial charge in [0.1, 0.15) is 11.9 Å². The Morgan fingerprint density at radius 1 is 1.40 bits per heavy atom. The number of anilines is 1. The van der Waals surface area contributed by atoms with Gasteiger partial charge in [-0.25, -0.2) is 0 Å². The lowest BCUT2D eigenvalue weighted by Crippen LogP contribution is -2.14. The van der Waals surface area contributed by atoms with Crippen molar-refractivity contribution in [2.45, 2.75) is 31.5 Å². The highest BCUT2D eigenvalue weighted by atomic mass is 35.5. The van der Waals surface area contributed by atoms with E-state index in [9.17, 15) is 5.11 Å². The third-order valence-electron chi connectivity index (χ3n) is 2.62. The predicted octanol–water partition coefficient (Wildman–Crippen LogP) is 2.21. The number of nitrogens with two attached hydrogens (primary N) is 1. The molecular weight excluding hydrogens is 214 g/mol. The summed E-state index contributed by atoms with van der Waals surface area (Å²) in [5.74, 6) is 0.651. The number of nitrogen functional groups attached to an aromatic ring is 1. The number of ether oxygens (including phenoxy) is 1. The topological polar surface area (TPSA) is 55.5 Å². The molecule has 0 amide bonds. The average molecular weight is 228 g/mol. The minimum absolute atomic E-state index is 0.0727. The standard InChI is InChI=1S/C11H14ClNO2/c12-7-1-4-11(10(13)5-7)15-9-3-2-8(14)6-9/h1,4-5,8-9,14H,2-3,6,13H2/t8-,9+/m0/s1. The van der Waals surface area contributed by atoms with Crippen molar-refractivity contribution >= 4 is 17.3 Å². The highest BCUT2D eigenvalue weighted by Crippen LogP contribution is 2.30. The molecule has 0 saturated heterocycles. The van der Waals surface area contributed by atoms with Crippen LogP contribution in [0.15, 0.2) is 18.2 Å². The van der Waals surface area contributed by atoms with E-state index in [0.717, 1.165) is 12.8 Å². The van der Waals surface area contributed by atoms with Gasteiger partial charge in [-0.1, -0.05) is 11.6 Å². The number of hydrogen-bond donors (Lipinski definition) is 2. The second kappa shape index (κ2) is 4.29. The van der Waals surface area contributed by atoms with Gasteiger partial charge in [0.05, 0.1) is 11.8 Å². The van der Waals surface area contributed by atoms with Crippen LogP contribution in [0.3, 0.4) is 0 Å². The summed E-state index contributed by atoms with van der Waals surface area (Å²) >= 11 is 5.78. The molecule has 0 heterocycles. The lowest BCUT2D eigenvalue weighted by Gasteiger charge is -2.14. The normalized spacial score (nSPS) is 25.5. The third-order valence-corrected chi connectivity index (χ3v) is 2.86. The smallest absolute Gasteiger partial charge is 0.142 e. The van der Waals surface area contributed by atoms with Gasteiger partial charge in [0.15, 0.2) is 0 Å². The Bertz CT molecular complexity index is 356. The highest BCUT2D eigenvalue weighted by Gasteiger charge is 2.24. The Morgan fingerprint density at radius 3 is 2.80 bits per heavy atom. The summed E-state index contributed by atoms with van der Waals surface area (Å²) in [5.41, 5.74) is 6.31. The number of rotatable bonds is 2. The molecule has 4 heteroatoms. The first kappa shape index (κ1) is 10.6. The fourth-order valence-corrected chi connectivity index (χ4v) is 2.01. The van der Waals surface area contributed by atoms with Crippen molar-refractivity contribution in [3.05, 3.63) is 23.2 Å². The largest absolute Gasteiger partial charge is 0.488 e. The summed E-state index contributed by atoms with van der Waals surface area (Å²) in [4.78, 5) is 0. The van der Waals surface area contributed by atoms with Gasteiger partial charge in [0.25, 0.3) is 0 Å². The van der Waals surface area contributed by atoms with E-state index in [1.807, 2.05) is 0 Å². The molecule has 3 N–H and O–H groups in total. The van der Waals surface area contributed by atoms with Crippen LogP contribution in [-0.2, 0) is 0 Å². The van der Waals surface area contributed by atoms with Crippen molar-refractivity contribution in [2.24, 2.45) is 0 Å². The molecule has 0 bridgehead atoms. The van der Waals surface area contributed by atoms with Crippen LogP contribution in [0.1, 0.15) is 19.3 Å². The molecule has 1 aromatic rings. The Labute approximate surface area is 93.8 Å². The number of aliphatic hydroxyl groups is 1. The fraction of sp³-hybridized carbons (Fsp3) is 0.455. The van der Waals surface area contributed by atoms with Gasteiger partial charge in [-0.15, -0.1) is 0 Å². The van der Waals surface area contributed by atoms with E-state index in [4.69, 9.17) is 22.1 Å². The molecule has 0 aliphatic heterocycles. The highest BCUT2D eigenvalue weighted by molar-refractivity contribution is 6.30. The van der Waals surface area contributed by atoms with Crippen LogP contribution in [0.25, 0.3) is 0 Å². The molecule has 0 spiro atoms. The molecule has 1 saturated carbocycles. The van der Waals surface area contributed by atoms with Crippen molar-refractivity contribution in [2.75, 3.05) is 5.73 Å². The number of benzene rings is 1. The summed E-state index contributed by atoms with van der Waals surface area (Å²) in [7, 11) is 0.